The molecule has 0 radical (unpaired) electrons. The zero-order valence-corrected chi connectivity index (χ0v) is 11.2. The number of nitrogens with zero attached hydrogens (tertiary/aromatic N) is 2. The first-order valence-electron chi connectivity index (χ1n) is 5.48. The molecule has 0 saturated carbocycles. The van der Waals surface area contributed by atoms with Gasteiger partial charge in [0.2, 0.25) is 0 Å². The monoisotopic (exact) mass is 289 g/mol. The van der Waals surface area contributed by atoms with Crippen LogP contribution in [0.25, 0.3) is 10.9 Å². The van der Waals surface area contributed by atoms with E-state index in [0.717, 1.165) is 5.39 Å². The van der Waals surface area contributed by atoms with Gasteiger partial charge in [0.25, 0.3) is 5.91 Å². The van der Waals surface area contributed by atoms with Crippen LogP contribution in [0, 0.1) is 0 Å². The van der Waals surface area contributed by atoms with Crippen molar-refractivity contribution in [2.75, 3.05) is 5.32 Å². The third-order valence-electron chi connectivity index (χ3n) is 2.63. The zero-order valence-electron chi connectivity index (χ0n) is 9.63. The molecule has 94 valence electrons. The van der Waals surface area contributed by atoms with Crippen molar-refractivity contribution in [3.8, 4) is 0 Å². The summed E-state index contributed by atoms with van der Waals surface area (Å²) in [5.74, 6) is -0.242. The highest BCUT2D eigenvalue weighted by Gasteiger charge is 2.11. The van der Waals surface area contributed by atoms with Crippen LogP contribution in [0.5, 0.6) is 0 Å². The van der Waals surface area contributed by atoms with E-state index in [9.17, 15) is 4.79 Å². The van der Waals surface area contributed by atoms with E-state index in [2.05, 4.69) is 15.3 Å². The second-order valence-electron chi connectivity index (χ2n) is 3.82. The van der Waals surface area contributed by atoms with Gasteiger partial charge in [0, 0.05) is 17.0 Å². The minimum Gasteiger partial charge on any atom is -0.320 e. The molecule has 0 spiro atoms. The summed E-state index contributed by atoms with van der Waals surface area (Å²) in [7, 11) is 0. The van der Waals surface area contributed by atoms with Gasteiger partial charge >= 0.3 is 0 Å². The van der Waals surface area contributed by atoms with E-state index >= 15 is 0 Å². The molecule has 0 fully saturated rings. The molecule has 19 heavy (non-hydrogen) atoms. The van der Waals surface area contributed by atoms with Gasteiger partial charge in [-0.15, -0.1) is 11.3 Å². The summed E-state index contributed by atoms with van der Waals surface area (Å²) in [5.41, 5.74) is 3.36. The van der Waals surface area contributed by atoms with Gasteiger partial charge in [0.15, 0.2) is 0 Å². The van der Waals surface area contributed by atoms with Crippen LogP contribution >= 0.6 is 22.9 Å². The van der Waals surface area contributed by atoms with Crippen molar-refractivity contribution in [3.05, 3.63) is 52.1 Å². The van der Waals surface area contributed by atoms with E-state index in [0.29, 0.717) is 21.9 Å². The standard InChI is InChI=1S/C13H8ClN3OS/c14-9-3-4-10(8-2-1-5-15-12(8)9)17-13(18)11-6-19-7-16-11/h1-7H,(H,17,18). The molecule has 0 saturated heterocycles. The Labute approximate surface area is 118 Å². The third-order valence-corrected chi connectivity index (χ3v) is 3.53. The second kappa shape index (κ2) is 4.95. The molecule has 2 heterocycles. The molecule has 1 aromatic carbocycles. The maximum absolute atomic E-state index is 12.0. The molecule has 6 heteroatoms. The molecule has 0 aliphatic heterocycles. The number of carbonyl (C=O) groups is 1. The average molecular weight is 290 g/mol. The Morgan fingerprint density at radius 3 is 2.95 bits per heavy atom. The van der Waals surface area contributed by atoms with Crippen molar-refractivity contribution in [2.24, 2.45) is 0 Å². The Morgan fingerprint density at radius 2 is 2.16 bits per heavy atom. The molecule has 3 aromatic rings. The van der Waals surface area contributed by atoms with Crippen LogP contribution < -0.4 is 5.32 Å². The number of halogens is 1. The van der Waals surface area contributed by atoms with E-state index in [1.54, 1.807) is 35.3 Å². The highest BCUT2D eigenvalue weighted by Crippen LogP contribution is 2.28. The molecule has 4 nitrogen and oxygen atoms in total. The first-order valence-corrected chi connectivity index (χ1v) is 6.80. The predicted molar refractivity (Wildman–Crippen MR) is 76.8 cm³/mol. The van der Waals surface area contributed by atoms with Gasteiger partial charge in [-0.3, -0.25) is 9.78 Å². The molecule has 0 aliphatic carbocycles. The summed E-state index contributed by atoms with van der Waals surface area (Å²) in [5, 5.41) is 5.88. The molecule has 0 aliphatic rings. The summed E-state index contributed by atoms with van der Waals surface area (Å²) >= 11 is 7.46. The number of benzene rings is 1. The van der Waals surface area contributed by atoms with Gasteiger partial charge in [-0.2, -0.15) is 0 Å². The van der Waals surface area contributed by atoms with Crippen LogP contribution in [-0.2, 0) is 0 Å². The first kappa shape index (κ1) is 12.1. The lowest BCUT2D eigenvalue weighted by Gasteiger charge is -2.08. The summed E-state index contributed by atoms with van der Waals surface area (Å²) in [6, 6.07) is 7.15. The van der Waals surface area contributed by atoms with Crippen LogP contribution in [0.4, 0.5) is 5.69 Å². The molecule has 0 unspecified atom stereocenters. The van der Waals surface area contributed by atoms with Gasteiger partial charge < -0.3 is 5.32 Å². The minimum absolute atomic E-state index is 0.242. The number of anilines is 1. The van der Waals surface area contributed by atoms with Gasteiger partial charge in [-0.1, -0.05) is 11.6 Å². The van der Waals surface area contributed by atoms with E-state index in [1.807, 2.05) is 6.07 Å². The minimum atomic E-state index is -0.242. The fraction of sp³-hybridized carbons (Fsp3) is 0. The van der Waals surface area contributed by atoms with Crippen molar-refractivity contribution in [2.45, 2.75) is 0 Å². The number of thiazole rings is 1. The topological polar surface area (TPSA) is 54.9 Å². The quantitative estimate of drug-likeness (QED) is 0.784. The number of aromatic nitrogens is 2. The van der Waals surface area contributed by atoms with Gasteiger partial charge in [0.1, 0.15) is 5.69 Å². The lowest BCUT2D eigenvalue weighted by molar-refractivity contribution is 0.102. The summed E-state index contributed by atoms with van der Waals surface area (Å²) < 4.78 is 0. The Morgan fingerprint density at radius 1 is 1.26 bits per heavy atom. The number of pyridine rings is 1. The maximum Gasteiger partial charge on any atom is 0.275 e. The largest absolute Gasteiger partial charge is 0.320 e. The van der Waals surface area contributed by atoms with Crippen LogP contribution in [0.2, 0.25) is 5.02 Å². The number of amides is 1. The lowest BCUT2D eigenvalue weighted by atomic mass is 10.2. The number of fused-ring (bicyclic) bond motifs is 1. The second-order valence-corrected chi connectivity index (χ2v) is 4.95. The van der Waals surface area contributed by atoms with E-state index in [-0.39, 0.29) is 5.91 Å². The molecule has 1 N–H and O–H groups in total. The van der Waals surface area contributed by atoms with Crippen LogP contribution in [0.3, 0.4) is 0 Å². The fourth-order valence-corrected chi connectivity index (χ4v) is 2.50. The number of rotatable bonds is 2. The summed E-state index contributed by atoms with van der Waals surface area (Å²) in [4.78, 5) is 20.2. The van der Waals surface area contributed by atoms with Gasteiger partial charge in [0.05, 0.1) is 21.7 Å². The number of hydrogen-bond acceptors (Lipinski definition) is 4. The Bertz CT molecular complexity index is 743. The van der Waals surface area contributed by atoms with Gasteiger partial charge in [-0.05, 0) is 24.3 Å². The third kappa shape index (κ3) is 2.30. The first-order chi connectivity index (χ1) is 9.25. The molecular weight excluding hydrogens is 282 g/mol. The van der Waals surface area contributed by atoms with E-state index in [1.165, 1.54) is 11.3 Å². The summed E-state index contributed by atoms with van der Waals surface area (Å²) in [6.45, 7) is 0. The fourth-order valence-electron chi connectivity index (χ4n) is 1.76. The van der Waals surface area contributed by atoms with E-state index < -0.39 is 0 Å². The smallest absolute Gasteiger partial charge is 0.275 e. The maximum atomic E-state index is 12.0. The van der Waals surface area contributed by atoms with Crippen molar-refractivity contribution >= 4 is 45.4 Å². The van der Waals surface area contributed by atoms with E-state index in [4.69, 9.17) is 11.6 Å². The predicted octanol–water partition coefficient (Wildman–Crippen LogP) is 3.60. The highest BCUT2D eigenvalue weighted by molar-refractivity contribution is 7.07. The molecular formula is C13H8ClN3OS. The molecule has 2 aromatic heterocycles. The molecule has 1 amide bonds. The Balaban J connectivity index is 2.02. The Hall–Kier alpha value is -1.98. The SMILES string of the molecule is O=C(Nc1ccc(Cl)c2ncccc12)c1cscn1. The van der Waals surface area contributed by atoms with Crippen molar-refractivity contribution in [3.63, 3.8) is 0 Å². The lowest BCUT2D eigenvalue weighted by Crippen LogP contribution is -2.12. The molecule has 0 atom stereocenters. The van der Waals surface area contributed by atoms with Crippen molar-refractivity contribution in [1.82, 2.24) is 9.97 Å². The number of carbonyl (C=O) groups excluding carboxylic acids is 1. The molecule has 3 rings (SSSR count). The van der Waals surface area contributed by atoms with Crippen LogP contribution in [-0.4, -0.2) is 15.9 Å². The average Bonchev–Trinajstić information content (AvgIpc) is 2.96. The molecule has 0 bridgehead atoms. The summed E-state index contributed by atoms with van der Waals surface area (Å²) in [6.07, 6.45) is 1.67. The van der Waals surface area contributed by atoms with Crippen molar-refractivity contribution in [1.29, 1.82) is 0 Å². The van der Waals surface area contributed by atoms with Crippen molar-refractivity contribution < 1.29 is 4.79 Å². The highest BCUT2D eigenvalue weighted by atomic mass is 35.5. The number of nitrogens with one attached hydrogen (secondary N) is 1. The van der Waals surface area contributed by atoms with Crippen LogP contribution in [0.15, 0.2) is 41.4 Å². The Kier molecular flexibility index (Phi) is 3.15. The van der Waals surface area contributed by atoms with Gasteiger partial charge in [-0.25, -0.2) is 4.98 Å². The zero-order chi connectivity index (χ0) is 13.2. The normalized spacial score (nSPS) is 10.6. The van der Waals surface area contributed by atoms with Crippen LogP contribution in [0.1, 0.15) is 10.5 Å². The number of hydrogen-bond donors (Lipinski definition) is 1.